The van der Waals surface area contributed by atoms with Crippen LogP contribution in [0.15, 0.2) is 9.59 Å². The van der Waals surface area contributed by atoms with E-state index in [9.17, 15) is 9.59 Å². The molecule has 0 saturated heterocycles. The first-order valence-corrected chi connectivity index (χ1v) is 7.64. The number of imidazole rings is 1. The fourth-order valence-electron chi connectivity index (χ4n) is 3.44. The standard InChI is InChI=1S/C15H22N4O2/c1-17-11-13(18(2)15(21)19(3)14(11)20)16-12(17)10-8-6-4-5-7-9-10/h10H,4-9H2,1-3H3. The Hall–Kier alpha value is -1.85. The Balaban J connectivity index is 2.24. The third-order valence-electron chi connectivity index (χ3n) is 4.73. The van der Waals surface area contributed by atoms with Crippen LogP contribution >= 0.6 is 0 Å². The second-order valence-electron chi connectivity index (χ2n) is 6.10. The molecule has 1 aliphatic rings. The number of fused-ring (bicyclic) bond motifs is 1. The van der Waals surface area contributed by atoms with Crippen molar-refractivity contribution in [2.75, 3.05) is 0 Å². The topological polar surface area (TPSA) is 61.8 Å². The quantitative estimate of drug-likeness (QED) is 0.746. The highest BCUT2D eigenvalue weighted by molar-refractivity contribution is 5.71. The fraction of sp³-hybridized carbons (Fsp3) is 0.667. The first-order valence-electron chi connectivity index (χ1n) is 7.64. The number of hydrogen-bond acceptors (Lipinski definition) is 3. The summed E-state index contributed by atoms with van der Waals surface area (Å²) in [6.07, 6.45) is 7.22. The van der Waals surface area contributed by atoms with E-state index < -0.39 is 0 Å². The van der Waals surface area contributed by atoms with Gasteiger partial charge in [-0.25, -0.2) is 9.78 Å². The van der Waals surface area contributed by atoms with Gasteiger partial charge in [-0.2, -0.15) is 0 Å². The molecule has 0 N–H and O–H groups in total. The fourth-order valence-corrected chi connectivity index (χ4v) is 3.44. The van der Waals surface area contributed by atoms with E-state index in [4.69, 9.17) is 0 Å². The molecular weight excluding hydrogens is 268 g/mol. The molecule has 1 saturated carbocycles. The Kier molecular flexibility index (Phi) is 3.47. The maximum atomic E-state index is 12.4. The molecule has 0 aromatic carbocycles. The van der Waals surface area contributed by atoms with Crippen molar-refractivity contribution in [2.24, 2.45) is 21.1 Å². The summed E-state index contributed by atoms with van der Waals surface area (Å²) < 4.78 is 4.52. The van der Waals surface area contributed by atoms with E-state index in [1.165, 1.54) is 37.3 Å². The van der Waals surface area contributed by atoms with Crippen LogP contribution in [0.4, 0.5) is 0 Å². The summed E-state index contributed by atoms with van der Waals surface area (Å²) in [5.74, 6) is 1.34. The van der Waals surface area contributed by atoms with Gasteiger partial charge in [-0.1, -0.05) is 25.7 Å². The molecule has 0 radical (unpaired) electrons. The molecule has 0 bridgehead atoms. The minimum atomic E-state index is -0.321. The van der Waals surface area contributed by atoms with Gasteiger partial charge in [0, 0.05) is 27.1 Å². The molecule has 1 fully saturated rings. The van der Waals surface area contributed by atoms with Gasteiger partial charge in [-0.3, -0.25) is 13.9 Å². The van der Waals surface area contributed by atoms with E-state index in [-0.39, 0.29) is 11.2 Å². The zero-order chi connectivity index (χ0) is 15.1. The highest BCUT2D eigenvalue weighted by Gasteiger charge is 2.23. The van der Waals surface area contributed by atoms with Crippen molar-refractivity contribution in [1.29, 1.82) is 0 Å². The van der Waals surface area contributed by atoms with Gasteiger partial charge in [0.25, 0.3) is 5.56 Å². The van der Waals surface area contributed by atoms with Crippen molar-refractivity contribution >= 4 is 11.2 Å². The molecule has 2 aromatic heterocycles. The number of hydrogen-bond donors (Lipinski definition) is 0. The lowest BCUT2D eigenvalue weighted by Crippen LogP contribution is -2.37. The predicted octanol–water partition coefficient (Wildman–Crippen LogP) is 1.41. The summed E-state index contributed by atoms with van der Waals surface area (Å²) in [5, 5.41) is 0. The van der Waals surface area contributed by atoms with Gasteiger partial charge < -0.3 is 4.57 Å². The normalized spacial score (nSPS) is 17.3. The molecule has 114 valence electrons. The van der Waals surface area contributed by atoms with Crippen molar-refractivity contribution in [3.8, 4) is 0 Å². The largest absolute Gasteiger partial charge is 0.332 e. The smallest absolute Gasteiger partial charge is 0.325 e. The van der Waals surface area contributed by atoms with E-state index in [1.54, 1.807) is 7.05 Å². The van der Waals surface area contributed by atoms with E-state index in [1.807, 2.05) is 11.6 Å². The molecule has 0 atom stereocenters. The van der Waals surface area contributed by atoms with Gasteiger partial charge in [0.05, 0.1) is 0 Å². The molecule has 0 amide bonds. The molecule has 0 aliphatic heterocycles. The molecule has 0 unspecified atom stereocenters. The monoisotopic (exact) mass is 290 g/mol. The average Bonchev–Trinajstić information content (AvgIpc) is 2.68. The SMILES string of the molecule is Cn1c(=O)c2c(nc(C3CCCCCC3)n2C)n(C)c1=O. The van der Waals surface area contributed by atoms with Gasteiger partial charge >= 0.3 is 5.69 Å². The van der Waals surface area contributed by atoms with Gasteiger partial charge in [0.15, 0.2) is 11.2 Å². The van der Waals surface area contributed by atoms with Crippen LogP contribution in [0.3, 0.4) is 0 Å². The molecule has 2 heterocycles. The van der Waals surface area contributed by atoms with Crippen LogP contribution in [0, 0.1) is 0 Å². The molecule has 3 rings (SSSR count). The maximum Gasteiger partial charge on any atom is 0.332 e. The summed E-state index contributed by atoms with van der Waals surface area (Å²) >= 11 is 0. The van der Waals surface area contributed by atoms with Crippen molar-refractivity contribution in [3.63, 3.8) is 0 Å². The molecule has 1 aliphatic carbocycles. The van der Waals surface area contributed by atoms with Crippen LogP contribution in [0.5, 0.6) is 0 Å². The van der Waals surface area contributed by atoms with Gasteiger partial charge in [0.2, 0.25) is 0 Å². The Morgan fingerprint density at radius 2 is 1.52 bits per heavy atom. The molecule has 0 spiro atoms. The number of aryl methyl sites for hydroxylation is 2. The minimum absolute atomic E-state index is 0.261. The van der Waals surface area contributed by atoms with Crippen molar-refractivity contribution in [2.45, 2.75) is 44.4 Å². The molecule has 21 heavy (non-hydrogen) atoms. The van der Waals surface area contributed by atoms with Crippen LogP contribution in [0.1, 0.15) is 50.3 Å². The van der Waals surface area contributed by atoms with Crippen LogP contribution in [0.2, 0.25) is 0 Å². The first kappa shape index (κ1) is 14.1. The predicted molar refractivity (Wildman–Crippen MR) is 81.6 cm³/mol. The molecule has 6 heteroatoms. The summed E-state index contributed by atoms with van der Waals surface area (Å²) in [4.78, 5) is 29.1. The third-order valence-corrected chi connectivity index (χ3v) is 4.73. The van der Waals surface area contributed by atoms with E-state index in [2.05, 4.69) is 4.98 Å². The molecule has 6 nitrogen and oxygen atoms in total. The summed E-state index contributed by atoms with van der Waals surface area (Å²) in [6, 6.07) is 0. The Morgan fingerprint density at radius 1 is 0.905 bits per heavy atom. The molecular formula is C15H22N4O2. The van der Waals surface area contributed by atoms with Crippen molar-refractivity contribution in [3.05, 3.63) is 26.7 Å². The number of nitrogens with zero attached hydrogens (tertiary/aromatic N) is 4. The van der Waals surface area contributed by atoms with Gasteiger partial charge in [0.1, 0.15) is 5.82 Å². The Labute approximate surface area is 123 Å². The summed E-state index contributed by atoms with van der Waals surface area (Å²) in [5.41, 5.74) is 0.449. The second kappa shape index (κ2) is 5.16. The van der Waals surface area contributed by atoms with Crippen molar-refractivity contribution in [1.82, 2.24) is 18.7 Å². The summed E-state index contributed by atoms with van der Waals surface area (Å²) in [7, 11) is 5.08. The number of rotatable bonds is 1. The minimum Gasteiger partial charge on any atom is -0.325 e. The lowest BCUT2D eigenvalue weighted by Gasteiger charge is -2.13. The second-order valence-corrected chi connectivity index (χ2v) is 6.10. The van der Waals surface area contributed by atoms with E-state index in [0.29, 0.717) is 17.1 Å². The average molecular weight is 290 g/mol. The van der Waals surface area contributed by atoms with Crippen LogP contribution < -0.4 is 11.2 Å². The maximum absolute atomic E-state index is 12.4. The van der Waals surface area contributed by atoms with E-state index >= 15 is 0 Å². The molecule has 2 aromatic rings. The summed E-state index contributed by atoms with van der Waals surface area (Å²) in [6.45, 7) is 0. The first-order chi connectivity index (χ1) is 10.0. The van der Waals surface area contributed by atoms with Crippen LogP contribution in [-0.4, -0.2) is 18.7 Å². The van der Waals surface area contributed by atoms with Crippen molar-refractivity contribution < 1.29 is 0 Å². The Bertz CT molecular complexity index is 789. The Morgan fingerprint density at radius 3 is 2.14 bits per heavy atom. The number of aromatic nitrogens is 4. The lowest BCUT2D eigenvalue weighted by atomic mass is 10.00. The van der Waals surface area contributed by atoms with Gasteiger partial charge in [-0.15, -0.1) is 0 Å². The van der Waals surface area contributed by atoms with Crippen LogP contribution in [-0.2, 0) is 21.1 Å². The van der Waals surface area contributed by atoms with E-state index in [0.717, 1.165) is 23.2 Å². The van der Waals surface area contributed by atoms with Gasteiger partial charge in [-0.05, 0) is 12.8 Å². The third kappa shape index (κ3) is 2.13. The highest BCUT2D eigenvalue weighted by Crippen LogP contribution is 2.31. The zero-order valence-corrected chi connectivity index (χ0v) is 12.9. The zero-order valence-electron chi connectivity index (χ0n) is 12.9. The lowest BCUT2D eigenvalue weighted by molar-refractivity contribution is 0.545. The van der Waals surface area contributed by atoms with Crippen LogP contribution in [0.25, 0.3) is 11.2 Å². The highest BCUT2D eigenvalue weighted by atomic mass is 16.2.